The van der Waals surface area contributed by atoms with Crippen LogP contribution >= 0.6 is 0 Å². The van der Waals surface area contributed by atoms with Crippen molar-refractivity contribution < 1.29 is 14.3 Å². The Morgan fingerprint density at radius 2 is 1.54 bits per heavy atom. The van der Waals surface area contributed by atoms with Crippen molar-refractivity contribution in [3.63, 3.8) is 0 Å². The van der Waals surface area contributed by atoms with Gasteiger partial charge in [-0.2, -0.15) is 0 Å². The van der Waals surface area contributed by atoms with E-state index in [1.165, 1.54) is 5.56 Å². The van der Waals surface area contributed by atoms with Crippen molar-refractivity contribution in [2.24, 2.45) is 11.8 Å². The maximum Gasteiger partial charge on any atom is 0.223 e. The van der Waals surface area contributed by atoms with Crippen LogP contribution < -0.4 is 15.4 Å². The van der Waals surface area contributed by atoms with E-state index >= 15 is 0 Å². The van der Waals surface area contributed by atoms with Gasteiger partial charge in [-0.25, -0.2) is 0 Å². The zero-order valence-corrected chi connectivity index (χ0v) is 16.4. The van der Waals surface area contributed by atoms with Crippen LogP contribution in [-0.2, 0) is 16.0 Å². The highest BCUT2D eigenvalue weighted by Crippen LogP contribution is 2.29. The summed E-state index contributed by atoms with van der Waals surface area (Å²) < 4.78 is 5.15. The van der Waals surface area contributed by atoms with Gasteiger partial charge in [-0.3, -0.25) is 9.59 Å². The van der Waals surface area contributed by atoms with Gasteiger partial charge in [0.05, 0.1) is 7.11 Å². The summed E-state index contributed by atoms with van der Waals surface area (Å²) in [6, 6.07) is 7.90. The molecule has 0 bridgehead atoms. The minimum atomic E-state index is -0.202. The zero-order chi connectivity index (χ0) is 19.2. The standard InChI is InChI=1S/C21H32N2O3/c1-21(2,3)23-20(25)17-9-7-16(8-10-17)19(24)22-14-13-15-5-11-18(26-4)12-6-15/h5-6,11-12,16-17H,7-10,13-14H2,1-4H3,(H,22,24)(H,23,25). The van der Waals surface area contributed by atoms with E-state index in [0.29, 0.717) is 6.54 Å². The molecular formula is C21H32N2O3. The SMILES string of the molecule is COc1ccc(CCNC(=O)C2CCC(C(=O)NC(C)(C)C)CC2)cc1. The maximum absolute atomic E-state index is 12.4. The van der Waals surface area contributed by atoms with E-state index in [1.807, 2.05) is 45.0 Å². The topological polar surface area (TPSA) is 67.4 Å². The van der Waals surface area contributed by atoms with Gasteiger partial charge in [0, 0.05) is 23.9 Å². The Morgan fingerprint density at radius 3 is 2.04 bits per heavy atom. The van der Waals surface area contributed by atoms with Crippen LogP contribution in [0.4, 0.5) is 0 Å². The molecule has 5 heteroatoms. The molecule has 0 aliphatic heterocycles. The van der Waals surface area contributed by atoms with E-state index in [0.717, 1.165) is 37.9 Å². The predicted molar refractivity (Wildman–Crippen MR) is 103 cm³/mol. The third-order valence-electron chi connectivity index (χ3n) is 4.84. The van der Waals surface area contributed by atoms with E-state index in [9.17, 15) is 9.59 Å². The van der Waals surface area contributed by atoms with Crippen molar-refractivity contribution in [3.05, 3.63) is 29.8 Å². The van der Waals surface area contributed by atoms with Crippen LogP contribution in [0.15, 0.2) is 24.3 Å². The van der Waals surface area contributed by atoms with Gasteiger partial charge in [0.1, 0.15) is 5.75 Å². The Labute approximate surface area is 156 Å². The van der Waals surface area contributed by atoms with Crippen molar-refractivity contribution in [1.82, 2.24) is 10.6 Å². The molecule has 26 heavy (non-hydrogen) atoms. The summed E-state index contributed by atoms with van der Waals surface area (Å²) in [5.74, 6) is 1.15. The Kier molecular flexibility index (Phi) is 7.06. The molecule has 1 fully saturated rings. The van der Waals surface area contributed by atoms with E-state index in [2.05, 4.69) is 10.6 Å². The maximum atomic E-state index is 12.4. The van der Waals surface area contributed by atoms with Gasteiger partial charge in [-0.15, -0.1) is 0 Å². The van der Waals surface area contributed by atoms with Crippen LogP contribution in [0, 0.1) is 11.8 Å². The molecule has 5 nitrogen and oxygen atoms in total. The highest BCUT2D eigenvalue weighted by molar-refractivity contribution is 5.81. The van der Waals surface area contributed by atoms with Gasteiger partial charge in [-0.05, 0) is 70.6 Å². The molecule has 2 N–H and O–H groups in total. The van der Waals surface area contributed by atoms with E-state index in [1.54, 1.807) is 7.11 Å². The molecule has 0 saturated heterocycles. The monoisotopic (exact) mass is 360 g/mol. The highest BCUT2D eigenvalue weighted by Gasteiger charge is 2.31. The van der Waals surface area contributed by atoms with Crippen LogP contribution in [0.2, 0.25) is 0 Å². The number of benzene rings is 1. The van der Waals surface area contributed by atoms with Crippen molar-refractivity contribution >= 4 is 11.8 Å². The normalized spacial score (nSPS) is 20.3. The number of hydrogen-bond donors (Lipinski definition) is 2. The van der Waals surface area contributed by atoms with Crippen LogP contribution in [0.25, 0.3) is 0 Å². The fourth-order valence-electron chi connectivity index (χ4n) is 3.36. The minimum Gasteiger partial charge on any atom is -0.497 e. The second kappa shape index (κ2) is 9.06. The van der Waals surface area contributed by atoms with E-state index in [-0.39, 0.29) is 29.2 Å². The van der Waals surface area contributed by atoms with Crippen LogP contribution in [-0.4, -0.2) is 31.0 Å². The molecule has 0 unspecified atom stereocenters. The summed E-state index contributed by atoms with van der Waals surface area (Å²) in [6.07, 6.45) is 3.96. The first-order chi connectivity index (χ1) is 12.3. The Morgan fingerprint density at radius 1 is 1.00 bits per heavy atom. The number of carbonyl (C=O) groups is 2. The van der Waals surface area contributed by atoms with Crippen LogP contribution in [0.3, 0.4) is 0 Å². The average Bonchev–Trinajstić information content (AvgIpc) is 2.61. The summed E-state index contributed by atoms with van der Waals surface area (Å²) in [5.41, 5.74) is 0.973. The fraction of sp³-hybridized carbons (Fsp3) is 0.619. The van der Waals surface area contributed by atoms with Crippen molar-refractivity contribution in [2.75, 3.05) is 13.7 Å². The minimum absolute atomic E-state index is 0.0320. The molecule has 0 spiro atoms. The van der Waals surface area contributed by atoms with Gasteiger partial charge in [-0.1, -0.05) is 12.1 Å². The number of methoxy groups -OCH3 is 1. The lowest BCUT2D eigenvalue weighted by atomic mass is 9.81. The molecule has 1 aromatic rings. The summed E-state index contributed by atoms with van der Waals surface area (Å²) in [4.78, 5) is 24.6. The number of hydrogen-bond acceptors (Lipinski definition) is 3. The molecule has 1 aliphatic carbocycles. The number of carbonyl (C=O) groups excluding carboxylic acids is 2. The molecular weight excluding hydrogens is 328 g/mol. The molecule has 0 heterocycles. The molecule has 1 aliphatic rings. The molecule has 1 aromatic carbocycles. The zero-order valence-electron chi connectivity index (χ0n) is 16.4. The van der Waals surface area contributed by atoms with Gasteiger partial charge in [0.25, 0.3) is 0 Å². The molecule has 0 aromatic heterocycles. The second-order valence-electron chi connectivity index (χ2n) is 8.18. The Hall–Kier alpha value is -2.04. The Balaban J connectivity index is 1.70. The van der Waals surface area contributed by atoms with Crippen molar-refractivity contribution in [3.8, 4) is 5.75 Å². The highest BCUT2D eigenvalue weighted by atomic mass is 16.5. The quantitative estimate of drug-likeness (QED) is 0.819. The Bertz CT molecular complexity index is 597. The van der Waals surface area contributed by atoms with Gasteiger partial charge in [0.15, 0.2) is 0 Å². The van der Waals surface area contributed by atoms with E-state index in [4.69, 9.17) is 4.74 Å². The first kappa shape index (κ1) is 20.3. The lowest BCUT2D eigenvalue weighted by Gasteiger charge is -2.30. The summed E-state index contributed by atoms with van der Waals surface area (Å²) >= 11 is 0. The fourth-order valence-corrected chi connectivity index (χ4v) is 3.36. The molecule has 2 amide bonds. The third kappa shape index (κ3) is 6.36. The number of ether oxygens (including phenoxy) is 1. The third-order valence-corrected chi connectivity index (χ3v) is 4.84. The van der Waals surface area contributed by atoms with Crippen LogP contribution in [0.1, 0.15) is 52.0 Å². The smallest absolute Gasteiger partial charge is 0.223 e. The second-order valence-corrected chi connectivity index (χ2v) is 8.18. The van der Waals surface area contributed by atoms with Gasteiger partial charge >= 0.3 is 0 Å². The van der Waals surface area contributed by atoms with E-state index < -0.39 is 0 Å². The molecule has 144 valence electrons. The molecule has 0 atom stereocenters. The molecule has 1 saturated carbocycles. The average molecular weight is 360 g/mol. The van der Waals surface area contributed by atoms with Crippen molar-refractivity contribution in [1.29, 1.82) is 0 Å². The van der Waals surface area contributed by atoms with Crippen LogP contribution in [0.5, 0.6) is 5.75 Å². The molecule has 2 rings (SSSR count). The number of amides is 2. The van der Waals surface area contributed by atoms with Gasteiger partial charge in [0.2, 0.25) is 11.8 Å². The lowest BCUT2D eigenvalue weighted by molar-refractivity contribution is -0.131. The summed E-state index contributed by atoms with van der Waals surface area (Å²) in [7, 11) is 1.65. The summed E-state index contributed by atoms with van der Waals surface area (Å²) in [6.45, 7) is 6.61. The molecule has 0 radical (unpaired) electrons. The number of rotatable bonds is 6. The first-order valence-corrected chi connectivity index (χ1v) is 9.51. The predicted octanol–water partition coefficient (Wildman–Crippen LogP) is 3.08. The van der Waals surface area contributed by atoms with Gasteiger partial charge < -0.3 is 15.4 Å². The number of nitrogens with one attached hydrogen (secondary N) is 2. The largest absolute Gasteiger partial charge is 0.497 e. The lowest BCUT2D eigenvalue weighted by Crippen LogP contribution is -2.45. The van der Waals surface area contributed by atoms with Crippen molar-refractivity contribution in [2.45, 2.75) is 58.4 Å². The summed E-state index contributed by atoms with van der Waals surface area (Å²) in [5, 5.41) is 6.09. The first-order valence-electron chi connectivity index (χ1n) is 9.51.